The van der Waals surface area contributed by atoms with Crippen LogP contribution in [0.2, 0.25) is 0 Å². The molecule has 6 nitrogen and oxygen atoms in total. The maximum absolute atomic E-state index is 14.1. The van der Waals surface area contributed by atoms with E-state index >= 15 is 0 Å². The lowest BCUT2D eigenvalue weighted by Gasteiger charge is -2.38. The first-order chi connectivity index (χ1) is 16.1. The van der Waals surface area contributed by atoms with Crippen molar-refractivity contribution in [1.29, 1.82) is 0 Å². The SMILES string of the molecule is CC(C)[C@@H](NN(c1ccccc1)c1ccccc1)C(=O)N1C2CC3CC[C@@]2(CS1(=O)=O)C3(C)C. The van der Waals surface area contributed by atoms with Crippen molar-refractivity contribution >= 4 is 27.3 Å². The van der Waals surface area contributed by atoms with E-state index in [9.17, 15) is 13.2 Å². The molecule has 2 unspecified atom stereocenters. The summed E-state index contributed by atoms with van der Waals surface area (Å²) in [6.45, 7) is 8.34. The summed E-state index contributed by atoms with van der Waals surface area (Å²) >= 11 is 0. The maximum atomic E-state index is 14.1. The van der Waals surface area contributed by atoms with Gasteiger partial charge < -0.3 is 0 Å². The molecule has 2 bridgehead atoms. The van der Waals surface area contributed by atoms with Gasteiger partial charge in [-0.15, -0.1) is 0 Å². The number of sulfonamides is 1. The topological polar surface area (TPSA) is 69.7 Å². The Hall–Kier alpha value is -2.38. The first-order valence-electron chi connectivity index (χ1n) is 12.3. The number of nitrogens with one attached hydrogen (secondary N) is 1. The number of amides is 1. The predicted molar refractivity (Wildman–Crippen MR) is 135 cm³/mol. The second kappa shape index (κ2) is 8.09. The van der Waals surface area contributed by atoms with Gasteiger partial charge in [0.1, 0.15) is 6.04 Å². The molecule has 1 saturated heterocycles. The number of hydrogen-bond acceptors (Lipinski definition) is 5. The van der Waals surface area contributed by atoms with Gasteiger partial charge in [-0.25, -0.2) is 18.1 Å². The van der Waals surface area contributed by atoms with E-state index in [4.69, 9.17) is 0 Å². The van der Waals surface area contributed by atoms with Gasteiger partial charge in [0.2, 0.25) is 10.0 Å². The van der Waals surface area contributed by atoms with Crippen molar-refractivity contribution in [2.45, 2.75) is 59.0 Å². The molecule has 2 aliphatic carbocycles. The molecule has 2 saturated carbocycles. The molecule has 1 aliphatic heterocycles. The Labute approximate surface area is 203 Å². The highest BCUT2D eigenvalue weighted by atomic mass is 32.2. The fourth-order valence-corrected chi connectivity index (χ4v) is 9.36. The summed E-state index contributed by atoms with van der Waals surface area (Å²) in [6, 6.07) is 18.7. The monoisotopic (exact) mass is 481 g/mol. The lowest BCUT2D eigenvalue weighted by atomic mass is 9.69. The Morgan fingerprint density at radius 2 is 1.59 bits per heavy atom. The van der Waals surface area contributed by atoms with Crippen molar-refractivity contribution in [2.24, 2.45) is 22.7 Å². The van der Waals surface area contributed by atoms with Gasteiger partial charge in [0.15, 0.2) is 0 Å². The molecular formula is C27H35N3O3S. The average molecular weight is 482 g/mol. The summed E-state index contributed by atoms with van der Waals surface area (Å²) in [5.41, 5.74) is 4.79. The number of fused-ring (bicyclic) bond motifs is 1. The second-order valence-electron chi connectivity index (χ2n) is 11.1. The molecule has 3 aliphatic rings. The molecule has 2 aromatic rings. The summed E-state index contributed by atoms with van der Waals surface area (Å²) < 4.78 is 28.3. The van der Waals surface area contributed by atoms with Crippen molar-refractivity contribution in [3.05, 3.63) is 60.7 Å². The van der Waals surface area contributed by atoms with E-state index in [1.165, 1.54) is 4.31 Å². The number of anilines is 2. The minimum absolute atomic E-state index is 0.0688. The Bertz CT molecular complexity index is 1130. The standard InChI is InChI=1S/C27H35N3O3S/c1-19(2)24(28-29(21-11-7-5-8-12-21)22-13-9-6-10-14-22)25(31)30-23-17-20-15-16-27(23,26(20,3)4)18-34(30,32)33/h5-14,19-20,23-24,28H,15-18H2,1-4H3/t20?,23?,24-,27+/m1/s1. The van der Waals surface area contributed by atoms with Crippen LogP contribution in [0, 0.1) is 22.7 Å². The van der Waals surface area contributed by atoms with Crippen LogP contribution in [0.25, 0.3) is 0 Å². The molecule has 1 N–H and O–H groups in total. The van der Waals surface area contributed by atoms with E-state index in [1.54, 1.807) is 0 Å². The van der Waals surface area contributed by atoms with Crippen LogP contribution in [0.15, 0.2) is 60.7 Å². The van der Waals surface area contributed by atoms with Crippen LogP contribution >= 0.6 is 0 Å². The van der Waals surface area contributed by atoms with Crippen LogP contribution in [-0.4, -0.2) is 36.5 Å². The number of benzene rings is 2. The van der Waals surface area contributed by atoms with Crippen LogP contribution in [-0.2, 0) is 14.8 Å². The Morgan fingerprint density at radius 3 is 2.09 bits per heavy atom. The highest BCUT2D eigenvalue weighted by Crippen LogP contribution is 2.70. The smallest absolute Gasteiger partial charge is 0.255 e. The van der Waals surface area contributed by atoms with E-state index in [0.29, 0.717) is 5.92 Å². The normalized spacial score (nSPS) is 29.3. The molecule has 0 aromatic heterocycles. The first-order valence-corrected chi connectivity index (χ1v) is 13.9. The van der Waals surface area contributed by atoms with Crippen molar-refractivity contribution in [2.75, 3.05) is 10.8 Å². The molecule has 3 fully saturated rings. The van der Waals surface area contributed by atoms with E-state index < -0.39 is 16.1 Å². The van der Waals surface area contributed by atoms with Gasteiger partial charge in [0.25, 0.3) is 5.91 Å². The Balaban J connectivity index is 1.50. The molecule has 5 rings (SSSR count). The van der Waals surface area contributed by atoms with E-state index in [2.05, 4.69) is 19.3 Å². The second-order valence-corrected chi connectivity index (χ2v) is 13.0. The highest BCUT2D eigenvalue weighted by molar-refractivity contribution is 7.90. The molecule has 1 spiro atoms. The number of hydrogen-bond donors (Lipinski definition) is 1. The van der Waals surface area contributed by atoms with Crippen molar-refractivity contribution in [3.8, 4) is 0 Å². The van der Waals surface area contributed by atoms with E-state index in [-0.39, 0.29) is 34.4 Å². The van der Waals surface area contributed by atoms with Crippen molar-refractivity contribution in [3.63, 3.8) is 0 Å². The van der Waals surface area contributed by atoms with Crippen LogP contribution in [0.4, 0.5) is 11.4 Å². The molecule has 2 aromatic carbocycles. The zero-order chi connectivity index (χ0) is 24.3. The van der Waals surface area contributed by atoms with Gasteiger partial charge in [-0.2, -0.15) is 0 Å². The van der Waals surface area contributed by atoms with Crippen molar-refractivity contribution < 1.29 is 13.2 Å². The summed E-state index contributed by atoms with van der Waals surface area (Å²) in [5.74, 6) is 0.114. The summed E-state index contributed by atoms with van der Waals surface area (Å²) in [7, 11) is -3.68. The Morgan fingerprint density at radius 1 is 1.03 bits per heavy atom. The van der Waals surface area contributed by atoms with Gasteiger partial charge in [0, 0.05) is 5.41 Å². The van der Waals surface area contributed by atoms with Crippen LogP contribution in [0.3, 0.4) is 0 Å². The third-order valence-electron chi connectivity index (χ3n) is 8.86. The number of rotatable bonds is 6. The average Bonchev–Trinajstić information content (AvgIpc) is 3.28. The number of carbonyl (C=O) groups excluding carboxylic acids is 1. The van der Waals surface area contributed by atoms with E-state index in [0.717, 1.165) is 30.6 Å². The summed E-state index contributed by atoms with van der Waals surface area (Å²) in [6.07, 6.45) is 2.73. The largest absolute Gasteiger partial charge is 0.276 e. The fourth-order valence-electron chi connectivity index (χ4n) is 6.80. The third kappa shape index (κ3) is 3.39. The van der Waals surface area contributed by atoms with Gasteiger partial charge in [-0.3, -0.25) is 9.80 Å². The Kier molecular flexibility index (Phi) is 5.56. The van der Waals surface area contributed by atoms with Crippen LogP contribution < -0.4 is 10.4 Å². The third-order valence-corrected chi connectivity index (χ3v) is 10.8. The zero-order valence-corrected chi connectivity index (χ0v) is 21.3. The molecule has 34 heavy (non-hydrogen) atoms. The summed E-state index contributed by atoms with van der Waals surface area (Å²) in [5, 5.41) is 1.89. The number of carbonyl (C=O) groups is 1. The fraction of sp³-hybridized carbons (Fsp3) is 0.519. The van der Waals surface area contributed by atoms with Crippen molar-refractivity contribution in [1.82, 2.24) is 9.73 Å². The van der Waals surface area contributed by atoms with Gasteiger partial charge >= 0.3 is 0 Å². The molecule has 182 valence electrons. The minimum Gasteiger partial charge on any atom is -0.276 e. The zero-order valence-electron chi connectivity index (χ0n) is 20.4. The minimum atomic E-state index is -3.68. The van der Waals surface area contributed by atoms with E-state index in [1.807, 2.05) is 79.5 Å². The molecule has 7 heteroatoms. The molecule has 4 atom stereocenters. The van der Waals surface area contributed by atoms with Gasteiger partial charge in [0.05, 0.1) is 23.2 Å². The summed E-state index contributed by atoms with van der Waals surface area (Å²) in [4.78, 5) is 14.1. The van der Waals surface area contributed by atoms with Crippen LogP contribution in [0.1, 0.15) is 47.0 Å². The van der Waals surface area contributed by atoms with Crippen LogP contribution in [0.5, 0.6) is 0 Å². The molecule has 1 amide bonds. The molecule has 1 heterocycles. The number of hydrazine groups is 1. The first kappa shape index (κ1) is 23.4. The maximum Gasteiger partial charge on any atom is 0.255 e. The lowest BCUT2D eigenvalue weighted by molar-refractivity contribution is -0.132. The lowest BCUT2D eigenvalue weighted by Crippen LogP contribution is -2.56. The highest BCUT2D eigenvalue weighted by Gasteiger charge is 2.72. The number of para-hydroxylation sites is 2. The van der Waals surface area contributed by atoms with Gasteiger partial charge in [-0.05, 0) is 60.8 Å². The predicted octanol–water partition coefficient (Wildman–Crippen LogP) is 4.72. The quantitative estimate of drug-likeness (QED) is 0.605. The number of nitrogens with zero attached hydrogens (tertiary/aromatic N) is 2. The molecular weight excluding hydrogens is 446 g/mol. The van der Waals surface area contributed by atoms with Gasteiger partial charge in [-0.1, -0.05) is 64.1 Å². The molecule has 0 radical (unpaired) electrons.